The molecule has 4 aromatic carbocycles. The number of nitrogens with one attached hydrogen (secondary N) is 1. The summed E-state index contributed by atoms with van der Waals surface area (Å²) in [5.74, 6) is 0. The number of hydrogen-bond donors (Lipinski definition) is 1. The highest BCUT2D eigenvalue weighted by atomic mass is 19.4. The molecule has 0 amide bonds. The van der Waals surface area contributed by atoms with E-state index >= 15 is 13.2 Å². The highest BCUT2D eigenvalue weighted by Crippen LogP contribution is 2.49. The van der Waals surface area contributed by atoms with Crippen LogP contribution in [0.2, 0.25) is 0 Å². The summed E-state index contributed by atoms with van der Waals surface area (Å²) >= 11 is 0. The van der Waals surface area contributed by atoms with E-state index in [2.05, 4.69) is 10.4 Å². The van der Waals surface area contributed by atoms with Crippen LogP contribution in [0.25, 0.3) is 33.3 Å². The quantitative estimate of drug-likeness (QED) is 0.310. The van der Waals surface area contributed by atoms with Crippen LogP contribution in [0.15, 0.2) is 103 Å². The van der Waals surface area contributed by atoms with E-state index in [4.69, 9.17) is 0 Å². The van der Waals surface area contributed by atoms with Gasteiger partial charge in [-0.15, -0.1) is 0 Å². The second-order valence-corrected chi connectivity index (χ2v) is 8.54. The predicted octanol–water partition coefficient (Wildman–Crippen LogP) is 7.25. The number of fused-ring (bicyclic) bond motifs is 5. The molecular weight excluding hydrogens is 435 g/mol. The van der Waals surface area contributed by atoms with Crippen molar-refractivity contribution in [3.8, 4) is 22.4 Å². The summed E-state index contributed by atoms with van der Waals surface area (Å²) in [5, 5.41) is 8.00. The van der Waals surface area contributed by atoms with E-state index in [0.29, 0.717) is 27.8 Å². The van der Waals surface area contributed by atoms with Crippen molar-refractivity contribution in [1.29, 1.82) is 0 Å². The topological polar surface area (TPSA) is 29.9 Å². The van der Waals surface area contributed by atoms with E-state index in [-0.39, 0.29) is 6.42 Å². The molecule has 6 heteroatoms. The Morgan fingerprint density at radius 2 is 1.44 bits per heavy atom. The Labute approximate surface area is 194 Å². The molecule has 1 aromatic heterocycles. The first-order valence-corrected chi connectivity index (χ1v) is 11.0. The van der Waals surface area contributed by atoms with Crippen LogP contribution >= 0.6 is 0 Å². The van der Waals surface area contributed by atoms with E-state index in [1.54, 1.807) is 42.5 Å². The van der Waals surface area contributed by atoms with Gasteiger partial charge in [-0.25, -0.2) is 4.68 Å². The SMILES string of the molecule is FC(F)(F)C1(Nc2ccccc2)Cc2cc(-c3ccccc3)ccc2-c2c3ccccc3nn21. The zero-order chi connectivity index (χ0) is 23.3. The van der Waals surface area contributed by atoms with Gasteiger partial charge in [0.05, 0.1) is 11.2 Å². The fourth-order valence-corrected chi connectivity index (χ4v) is 4.85. The van der Waals surface area contributed by atoms with Gasteiger partial charge in [-0.2, -0.15) is 18.3 Å². The summed E-state index contributed by atoms with van der Waals surface area (Å²) in [6.07, 6.45) is -4.91. The maximum absolute atomic E-state index is 15.1. The Morgan fingerprint density at radius 1 is 0.765 bits per heavy atom. The molecule has 0 saturated heterocycles. The summed E-state index contributed by atoms with van der Waals surface area (Å²) in [6.45, 7) is 0. The normalized spacial score (nSPS) is 17.3. The molecule has 0 aliphatic carbocycles. The number of anilines is 1. The van der Waals surface area contributed by atoms with Gasteiger partial charge in [0.15, 0.2) is 0 Å². The van der Waals surface area contributed by atoms with Gasteiger partial charge in [-0.3, -0.25) is 0 Å². The van der Waals surface area contributed by atoms with E-state index in [1.165, 1.54) is 0 Å². The molecule has 168 valence electrons. The molecule has 6 rings (SSSR count). The molecule has 1 unspecified atom stereocenters. The molecule has 0 bridgehead atoms. The molecule has 3 nitrogen and oxygen atoms in total. The molecule has 2 heterocycles. The van der Waals surface area contributed by atoms with E-state index in [0.717, 1.165) is 21.4 Å². The molecule has 1 N–H and O–H groups in total. The van der Waals surface area contributed by atoms with Gasteiger partial charge in [0.25, 0.3) is 0 Å². The van der Waals surface area contributed by atoms with Crippen LogP contribution in [0, 0.1) is 0 Å². The van der Waals surface area contributed by atoms with Gasteiger partial charge in [0.1, 0.15) is 0 Å². The lowest BCUT2D eigenvalue weighted by Gasteiger charge is -2.42. The third kappa shape index (κ3) is 3.10. The number of benzene rings is 4. The van der Waals surface area contributed by atoms with Crippen LogP contribution in [-0.4, -0.2) is 16.0 Å². The zero-order valence-corrected chi connectivity index (χ0v) is 18.1. The Balaban J connectivity index is 1.64. The first-order valence-electron chi connectivity index (χ1n) is 11.0. The summed E-state index contributed by atoms with van der Waals surface area (Å²) in [4.78, 5) is 0. The number of para-hydroxylation sites is 1. The van der Waals surface area contributed by atoms with Crippen LogP contribution < -0.4 is 5.32 Å². The average molecular weight is 455 g/mol. The van der Waals surface area contributed by atoms with Gasteiger partial charge in [-0.05, 0) is 34.9 Å². The fraction of sp³-hybridized carbons (Fsp3) is 0.107. The maximum atomic E-state index is 15.1. The highest BCUT2D eigenvalue weighted by Gasteiger charge is 2.60. The minimum Gasteiger partial charge on any atom is -0.354 e. The number of halogens is 3. The largest absolute Gasteiger partial charge is 0.432 e. The Morgan fingerprint density at radius 3 is 2.18 bits per heavy atom. The minimum absolute atomic E-state index is 0.289. The molecule has 0 spiro atoms. The third-order valence-corrected chi connectivity index (χ3v) is 6.45. The van der Waals surface area contributed by atoms with Crippen LogP contribution in [0.4, 0.5) is 18.9 Å². The number of nitrogens with zero attached hydrogens (tertiary/aromatic N) is 2. The van der Waals surface area contributed by atoms with Crippen molar-refractivity contribution in [3.05, 3.63) is 109 Å². The molecular formula is C28H20F3N3. The van der Waals surface area contributed by atoms with Gasteiger partial charge in [-0.1, -0.05) is 84.9 Å². The third-order valence-electron chi connectivity index (χ3n) is 6.45. The second kappa shape index (κ2) is 7.48. The zero-order valence-electron chi connectivity index (χ0n) is 18.1. The molecule has 0 radical (unpaired) electrons. The van der Waals surface area contributed by atoms with Crippen LogP contribution in [0.1, 0.15) is 5.56 Å². The lowest BCUT2D eigenvalue weighted by Crippen LogP contribution is -2.57. The smallest absolute Gasteiger partial charge is 0.354 e. The molecule has 5 aromatic rings. The Kier molecular flexibility index (Phi) is 4.52. The molecule has 1 aliphatic rings. The minimum atomic E-state index is -4.62. The summed E-state index contributed by atoms with van der Waals surface area (Å²) < 4.78 is 46.4. The molecule has 0 fully saturated rings. The molecule has 34 heavy (non-hydrogen) atoms. The fourth-order valence-electron chi connectivity index (χ4n) is 4.85. The average Bonchev–Trinajstić information content (AvgIpc) is 3.25. The van der Waals surface area contributed by atoms with Crippen LogP contribution in [0.3, 0.4) is 0 Å². The van der Waals surface area contributed by atoms with Gasteiger partial charge < -0.3 is 5.32 Å². The summed E-state index contributed by atoms with van der Waals surface area (Å²) in [5.41, 5.74) is 2.18. The summed E-state index contributed by atoms with van der Waals surface area (Å²) in [7, 11) is 0. The molecule has 1 aliphatic heterocycles. The second-order valence-electron chi connectivity index (χ2n) is 8.54. The van der Waals surface area contributed by atoms with Crippen molar-refractivity contribution in [2.75, 3.05) is 5.32 Å². The van der Waals surface area contributed by atoms with Crippen molar-refractivity contribution in [2.24, 2.45) is 0 Å². The standard InChI is InChI=1S/C28H20F3N3/c29-28(30,31)27(32-22-11-5-2-6-12-22)18-21-17-20(19-9-3-1-4-10-19)15-16-23(21)26-24-13-7-8-14-25(24)33-34(26)27/h1-17,32H,18H2. The van der Waals surface area contributed by atoms with Crippen molar-refractivity contribution in [2.45, 2.75) is 18.3 Å². The van der Waals surface area contributed by atoms with Gasteiger partial charge >= 0.3 is 6.18 Å². The summed E-state index contributed by atoms with van der Waals surface area (Å²) in [6, 6.07) is 31.2. The number of aromatic nitrogens is 2. The van der Waals surface area contributed by atoms with E-state index in [9.17, 15) is 0 Å². The van der Waals surface area contributed by atoms with E-state index < -0.39 is 11.8 Å². The van der Waals surface area contributed by atoms with E-state index in [1.807, 2.05) is 60.7 Å². The van der Waals surface area contributed by atoms with Gasteiger partial charge in [0.2, 0.25) is 5.66 Å². The number of rotatable bonds is 3. The lowest BCUT2D eigenvalue weighted by atomic mass is 9.86. The Bertz CT molecular complexity index is 1490. The molecule has 1 atom stereocenters. The first kappa shape index (κ1) is 20.5. The maximum Gasteiger partial charge on any atom is 0.432 e. The monoisotopic (exact) mass is 455 g/mol. The van der Waals surface area contributed by atoms with Crippen molar-refractivity contribution < 1.29 is 13.2 Å². The van der Waals surface area contributed by atoms with Crippen LogP contribution in [-0.2, 0) is 12.1 Å². The number of hydrogen-bond acceptors (Lipinski definition) is 2. The molecule has 0 saturated carbocycles. The lowest BCUT2D eigenvalue weighted by molar-refractivity contribution is -0.208. The highest BCUT2D eigenvalue weighted by molar-refractivity contribution is 5.95. The van der Waals surface area contributed by atoms with Crippen molar-refractivity contribution >= 4 is 16.6 Å². The Hall–Kier alpha value is -4.06. The first-order chi connectivity index (χ1) is 16.5. The van der Waals surface area contributed by atoms with Crippen LogP contribution in [0.5, 0.6) is 0 Å². The van der Waals surface area contributed by atoms with Gasteiger partial charge in [0, 0.05) is 23.1 Å². The number of alkyl halides is 3. The van der Waals surface area contributed by atoms with Crippen molar-refractivity contribution in [1.82, 2.24) is 9.78 Å². The predicted molar refractivity (Wildman–Crippen MR) is 128 cm³/mol. The van der Waals surface area contributed by atoms with Crippen molar-refractivity contribution in [3.63, 3.8) is 0 Å².